The van der Waals surface area contributed by atoms with Crippen molar-refractivity contribution in [2.24, 2.45) is 0 Å². The molecule has 0 fully saturated rings. The van der Waals surface area contributed by atoms with E-state index in [2.05, 4.69) is 26.6 Å². The summed E-state index contributed by atoms with van der Waals surface area (Å²) in [4.78, 5) is 11.7. The summed E-state index contributed by atoms with van der Waals surface area (Å²) in [5.74, 6) is -0.281. The van der Waals surface area contributed by atoms with Gasteiger partial charge in [0, 0.05) is 17.6 Å². The summed E-state index contributed by atoms with van der Waals surface area (Å²) in [6.45, 7) is 0.930. The zero-order valence-corrected chi connectivity index (χ0v) is 13.0. The van der Waals surface area contributed by atoms with Crippen molar-refractivity contribution < 1.29 is 9.18 Å². The van der Waals surface area contributed by atoms with E-state index >= 15 is 0 Å². The minimum atomic E-state index is -0.281. The highest BCUT2D eigenvalue weighted by Crippen LogP contribution is 2.15. The molecule has 2 N–H and O–H groups in total. The second kappa shape index (κ2) is 7.78. The summed E-state index contributed by atoms with van der Waals surface area (Å²) in [6, 6.07) is 13.7. The molecule has 0 heterocycles. The summed E-state index contributed by atoms with van der Waals surface area (Å²) < 4.78 is 13.8. The summed E-state index contributed by atoms with van der Waals surface area (Å²) in [5, 5.41) is 5.53. The molecule has 0 aliphatic heterocycles. The monoisotopic (exact) mass is 350 g/mol. The van der Waals surface area contributed by atoms with Gasteiger partial charge in [-0.3, -0.25) is 0 Å². The molecule has 0 aliphatic carbocycles. The van der Waals surface area contributed by atoms with Crippen LogP contribution in [-0.2, 0) is 13.0 Å². The Morgan fingerprint density at radius 1 is 1.05 bits per heavy atom. The fourth-order valence-corrected chi connectivity index (χ4v) is 2.34. The van der Waals surface area contributed by atoms with Gasteiger partial charge >= 0.3 is 6.03 Å². The van der Waals surface area contributed by atoms with Gasteiger partial charge in [-0.25, -0.2) is 9.18 Å². The molecule has 0 saturated heterocycles. The number of carbonyl (C=O) groups excluding carboxylic acids is 1. The Bertz CT molecular complexity index is 601. The minimum Gasteiger partial charge on any atom is -0.338 e. The molecular formula is C16H16BrFN2O. The van der Waals surface area contributed by atoms with Gasteiger partial charge in [0.05, 0.1) is 0 Å². The van der Waals surface area contributed by atoms with Crippen molar-refractivity contribution >= 4 is 22.0 Å². The van der Waals surface area contributed by atoms with Crippen molar-refractivity contribution in [1.29, 1.82) is 0 Å². The number of amides is 2. The average Bonchev–Trinajstić information content (AvgIpc) is 2.49. The van der Waals surface area contributed by atoms with Crippen LogP contribution >= 0.6 is 15.9 Å². The fraction of sp³-hybridized carbons (Fsp3) is 0.188. The number of carbonyl (C=O) groups is 1. The Morgan fingerprint density at radius 3 is 2.48 bits per heavy atom. The van der Waals surface area contributed by atoms with E-state index in [-0.39, 0.29) is 11.8 Å². The Kier molecular flexibility index (Phi) is 5.75. The third kappa shape index (κ3) is 5.19. The van der Waals surface area contributed by atoms with Gasteiger partial charge in [-0.05, 0) is 35.7 Å². The van der Waals surface area contributed by atoms with Gasteiger partial charge in [0.15, 0.2) is 0 Å². The largest absolute Gasteiger partial charge is 0.338 e. The molecule has 21 heavy (non-hydrogen) atoms. The first-order valence-electron chi connectivity index (χ1n) is 6.65. The van der Waals surface area contributed by atoms with E-state index in [1.54, 1.807) is 12.1 Å². The highest BCUT2D eigenvalue weighted by atomic mass is 79.9. The van der Waals surface area contributed by atoms with Crippen molar-refractivity contribution in [3.05, 3.63) is 69.9 Å². The number of rotatable bonds is 5. The van der Waals surface area contributed by atoms with Crippen LogP contribution in [0.5, 0.6) is 0 Å². The van der Waals surface area contributed by atoms with Gasteiger partial charge in [-0.15, -0.1) is 0 Å². The smallest absolute Gasteiger partial charge is 0.315 e. The molecule has 0 unspecified atom stereocenters. The van der Waals surface area contributed by atoms with Crippen LogP contribution in [0, 0.1) is 5.82 Å². The van der Waals surface area contributed by atoms with Gasteiger partial charge in [-0.1, -0.05) is 46.3 Å². The highest BCUT2D eigenvalue weighted by Gasteiger charge is 2.02. The molecule has 0 bridgehead atoms. The van der Waals surface area contributed by atoms with Gasteiger partial charge in [0.2, 0.25) is 0 Å². The molecule has 0 atom stereocenters. The van der Waals surface area contributed by atoms with E-state index in [9.17, 15) is 9.18 Å². The molecule has 0 radical (unpaired) electrons. The van der Waals surface area contributed by atoms with E-state index in [1.165, 1.54) is 12.1 Å². The third-order valence-electron chi connectivity index (χ3n) is 3.00. The molecule has 0 aromatic heterocycles. The Hall–Kier alpha value is -1.88. The van der Waals surface area contributed by atoms with Crippen molar-refractivity contribution in [3.8, 4) is 0 Å². The second-order valence-corrected chi connectivity index (χ2v) is 5.43. The van der Waals surface area contributed by atoms with Crippen LogP contribution in [-0.4, -0.2) is 12.6 Å². The quantitative estimate of drug-likeness (QED) is 0.849. The van der Waals surface area contributed by atoms with Gasteiger partial charge in [0.1, 0.15) is 5.82 Å². The predicted molar refractivity (Wildman–Crippen MR) is 84.5 cm³/mol. The molecule has 5 heteroatoms. The summed E-state index contributed by atoms with van der Waals surface area (Å²) in [5.41, 5.74) is 2.01. The van der Waals surface area contributed by atoms with Crippen molar-refractivity contribution in [1.82, 2.24) is 10.6 Å². The number of urea groups is 1. The molecular weight excluding hydrogens is 335 g/mol. The van der Waals surface area contributed by atoms with Crippen LogP contribution in [0.1, 0.15) is 11.1 Å². The SMILES string of the molecule is O=C(NCCc1ccccc1Br)NCc1ccc(F)cc1. The number of nitrogens with one attached hydrogen (secondary N) is 2. The molecule has 3 nitrogen and oxygen atoms in total. The first-order chi connectivity index (χ1) is 10.1. The lowest BCUT2D eigenvalue weighted by Crippen LogP contribution is -2.36. The van der Waals surface area contributed by atoms with E-state index in [4.69, 9.17) is 0 Å². The lowest BCUT2D eigenvalue weighted by molar-refractivity contribution is 0.240. The molecule has 2 amide bonds. The van der Waals surface area contributed by atoms with Crippen LogP contribution in [0.2, 0.25) is 0 Å². The van der Waals surface area contributed by atoms with Crippen LogP contribution in [0.4, 0.5) is 9.18 Å². The van der Waals surface area contributed by atoms with Gasteiger partial charge < -0.3 is 10.6 Å². The highest BCUT2D eigenvalue weighted by molar-refractivity contribution is 9.10. The predicted octanol–water partition coefficient (Wildman–Crippen LogP) is 3.63. The number of hydrogen-bond acceptors (Lipinski definition) is 1. The zero-order valence-electron chi connectivity index (χ0n) is 11.4. The molecule has 110 valence electrons. The molecule has 0 aliphatic rings. The standard InChI is InChI=1S/C16H16BrFN2O/c17-15-4-2-1-3-13(15)9-10-19-16(21)20-11-12-5-7-14(18)8-6-12/h1-8H,9-11H2,(H2,19,20,21). The molecule has 0 spiro atoms. The van der Waals surface area contributed by atoms with E-state index in [1.807, 2.05) is 24.3 Å². The topological polar surface area (TPSA) is 41.1 Å². The molecule has 2 aromatic rings. The van der Waals surface area contributed by atoms with Crippen molar-refractivity contribution in [3.63, 3.8) is 0 Å². The Morgan fingerprint density at radius 2 is 1.76 bits per heavy atom. The number of benzene rings is 2. The van der Waals surface area contributed by atoms with Crippen LogP contribution in [0.15, 0.2) is 53.0 Å². The van der Waals surface area contributed by atoms with Crippen molar-refractivity contribution in [2.45, 2.75) is 13.0 Å². The van der Waals surface area contributed by atoms with Crippen molar-refractivity contribution in [2.75, 3.05) is 6.54 Å². The lowest BCUT2D eigenvalue weighted by atomic mass is 10.1. The lowest BCUT2D eigenvalue weighted by Gasteiger charge is -2.08. The van der Waals surface area contributed by atoms with Crippen LogP contribution in [0.25, 0.3) is 0 Å². The van der Waals surface area contributed by atoms with E-state index < -0.39 is 0 Å². The Balaban J connectivity index is 1.70. The second-order valence-electron chi connectivity index (χ2n) is 4.58. The third-order valence-corrected chi connectivity index (χ3v) is 3.78. The zero-order chi connectivity index (χ0) is 15.1. The molecule has 0 saturated carbocycles. The maximum Gasteiger partial charge on any atom is 0.315 e. The van der Waals surface area contributed by atoms with E-state index in [0.717, 1.165) is 22.0 Å². The Labute approximate surface area is 131 Å². The fourth-order valence-electron chi connectivity index (χ4n) is 1.86. The van der Waals surface area contributed by atoms with Gasteiger partial charge in [-0.2, -0.15) is 0 Å². The maximum atomic E-state index is 12.7. The number of halogens is 2. The summed E-state index contributed by atoms with van der Waals surface area (Å²) in [7, 11) is 0. The van der Waals surface area contributed by atoms with Gasteiger partial charge in [0.25, 0.3) is 0 Å². The first kappa shape index (κ1) is 15.5. The first-order valence-corrected chi connectivity index (χ1v) is 7.44. The van der Waals surface area contributed by atoms with E-state index in [0.29, 0.717) is 13.1 Å². The summed E-state index contributed by atoms with van der Waals surface area (Å²) >= 11 is 3.47. The summed E-state index contributed by atoms with van der Waals surface area (Å²) in [6.07, 6.45) is 0.755. The van der Waals surface area contributed by atoms with Crippen LogP contribution < -0.4 is 10.6 Å². The average molecular weight is 351 g/mol. The van der Waals surface area contributed by atoms with Crippen LogP contribution in [0.3, 0.4) is 0 Å². The maximum absolute atomic E-state index is 12.7. The number of hydrogen-bond donors (Lipinski definition) is 2. The minimum absolute atomic E-state index is 0.230. The molecule has 2 aromatic carbocycles. The molecule has 2 rings (SSSR count). The normalized spacial score (nSPS) is 10.2.